The van der Waals surface area contributed by atoms with Crippen LogP contribution in [0.2, 0.25) is 0 Å². The van der Waals surface area contributed by atoms with E-state index in [2.05, 4.69) is 5.32 Å². The van der Waals surface area contributed by atoms with Gasteiger partial charge in [-0.25, -0.2) is 8.42 Å². The van der Waals surface area contributed by atoms with Crippen LogP contribution in [-0.4, -0.2) is 34.0 Å². The van der Waals surface area contributed by atoms with E-state index in [0.29, 0.717) is 11.4 Å². The normalized spacial score (nSPS) is 14.8. The molecule has 29 heavy (non-hydrogen) atoms. The first-order valence-corrected chi connectivity index (χ1v) is 11.2. The first-order chi connectivity index (χ1) is 14.0. The molecule has 3 rings (SSSR count). The number of carbonyl (C=O) groups is 1. The third kappa shape index (κ3) is 5.84. The molecule has 1 aliphatic carbocycles. The summed E-state index contributed by atoms with van der Waals surface area (Å²) in [6.45, 7) is -0.274. The second-order valence-electron chi connectivity index (χ2n) is 7.01. The van der Waals surface area contributed by atoms with Crippen LogP contribution in [0.5, 0.6) is 5.75 Å². The van der Waals surface area contributed by atoms with E-state index >= 15 is 0 Å². The third-order valence-electron chi connectivity index (χ3n) is 4.91. The zero-order valence-electron chi connectivity index (χ0n) is 16.5. The molecule has 0 spiro atoms. The maximum atomic E-state index is 13.1. The molecule has 1 N–H and O–H groups in total. The molecule has 0 unspecified atom stereocenters. The van der Waals surface area contributed by atoms with Gasteiger partial charge < -0.3 is 10.1 Å². The number of ether oxygens (including phenoxy) is 1. The van der Waals surface area contributed by atoms with Gasteiger partial charge in [0.15, 0.2) is 0 Å². The van der Waals surface area contributed by atoms with E-state index in [1.54, 1.807) is 31.4 Å². The maximum absolute atomic E-state index is 13.1. The summed E-state index contributed by atoms with van der Waals surface area (Å²) < 4.78 is 32.4. The van der Waals surface area contributed by atoms with Crippen molar-refractivity contribution >= 4 is 27.7 Å². The van der Waals surface area contributed by atoms with E-state index < -0.39 is 10.0 Å². The number of benzene rings is 2. The summed E-state index contributed by atoms with van der Waals surface area (Å²) in [4.78, 5) is 12.6. The average molecular weight is 415 g/mol. The van der Waals surface area contributed by atoms with E-state index in [1.807, 2.05) is 30.3 Å². The van der Waals surface area contributed by atoms with Gasteiger partial charge in [0, 0.05) is 6.04 Å². The van der Waals surface area contributed by atoms with Gasteiger partial charge in [-0.1, -0.05) is 43.2 Å². The minimum Gasteiger partial charge on any atom is -0.497 e. The maximum Gasteiger partial charge on any atom is 0.257 e. The van der Waals surface area contributed by atoms with Crippen LogP contribution in [0.15, 0.2) is 60.0 Å². The highest BCUT2D eigenvalue weighted by atomic mass is 32.2. The molecule has 6 nitrogen and oxygen atoms in total. The molecule has 1 aliphatic rings. The SMILES string of the molecule is COc1ccc(N(CC(=O)NC2CCCC2)S(=O)(=O)/C=C/c2ccccc2)cc1. The van der Waals surface area contributed by atoms with Gasteiger partial charge in [-0.05, 0) is 48.7 Å². The van der Waals surface area contributed by atoms with Crippen molar-refractivity contribution in [3.8, 4) is 5.75 Å². The largest absolute Gasteiger partial charge is 0.497 e. The number of anilines is 1. The predicted octanol–water partition coefficient (Wildman–Crippen LogP) is 3.56. The van der Waals surface area contributed by atoms with Crippen molar-refractivity contribution in [3.05, 3.63) is 65.6 Å². The van der Waals surface area contributed by atoms with Gasteiger partial charge in [-0.3, -0.25) is 9.10 Å². The number of hydrogen-bond acceptors (Lipinski definition) is 4. The minimum absolute atomic E-state index is 0.128. The fourth-order valence-electron chi connectivity index (χ4n) is 3.35. The highest BCUT2D eigenvalue weighted by Gasteiger charge is 2.25. The van der Waals surface area contributed by atoms with Crippen molar-refractivity contribution in [2.75, 3.05) is 18.0 Å². The third-order valence-corrected chi connectivity index (χ3v) is 6.34. The highest BCUT2D eigenvalue weighted by Crippen LogP contribution is 2.23. The smallest absolute Gasteiger partial charge is 0.257 e. The Morgan fingerprint density at radius 1 is 1.10 bits per heavy atom. The van der Waals surface area contributed by atoms with Crippen molar-refractivity contribution in [1.29, 1.82) is 0 Å². The minimum atomic E-state index is -3.87. The summed E-state index contributed by atoms with van der Waals surface area (Å²) in [6.07, 6.45) is 5.58. The van der Waals surface area contributed by atoms with Gasteiger partial charge in [0.25, 0.3) is 10.0 Å². The standard InChI is InChI=1S/C22H26N2O4S/c1-28-21-13-11-20(12-14-21)24(17-22(25)23-19-9-5-6-10-19)29(26,27)16-15-18-7-3-2-4-8-18/h2-4,7-8,11-16,19H,5-6,9-10,17H2,1H3,(H,23,25)/b16-15+. The summed E-state index contributed by atoms with van der Waals surface area (Å²) >= 11 is 0. The van der Waals surface area contributed by atoms with Crippen LogP contribution in [-0.2, 0) is 14.8 Å². The summed E-state index contributed by atoms with van der Waals surface area (Å²) in [7, 11) is -2.33. The lowest BCUT2D eigenvalue weighted by atomic mass is 10.2. The van der Waals surface area contributed by atoms with Crippen LogP contribution in [0.1, 0.15) is 31.2 Å². The lowest BCUT2D eigenvalue weighted by Gasteiger charge is -2.23. The molecule has 0 aromatic heterocycles. The van der Waals surface area contributed by atoms with Crippen LogP contribution in [0, 0.1) is 0 Å². The number of rotatable bonds is 8. The van der Waals surface area contributed by atoms with Gasteiger partial charge in [-0.2, -0.15) is 0 Å². The van der Waals surface area contributed by atoms with Gasteiger partial charge in [0.2, 0.25) is 5.91 Å². The van der Waals surface area contributed by atoms with Crippen LogP contribution in [0.3, 0.4) is 0 Å². The predicted molar refractivity (Wildman–Crippen MR) is 115 cm³/mol. The fraction of sp³-hybridized carbons (Fsp3) is 0.318. The Balaban J connectivity index is 1.83. The molecule has 1 fully saturated rings. The number of carbonyl (C=O) groups excluding carboxylic acids is 1. The summed E-state index contributed by atoms with van der Waals surface area (Å²) in [5.41, 5.74) is 1.17. The molecular weight excluding hydrogens is 388 g/mol. The summed E-state index contributed by atoms with van der Waals surface area (Å²) in [6, 6.07) is 15.9. The van der Waals surface area contributed by atoms with Crippen molar-refractivity contribution in [3.63, 3.8) is 0 Å². The van der Waals surface area contributed by atoms with Crippen molar-refractivity contribution in [2.24, 2.45) is 0 Å². The Morgan fingerprint density at radius 3 is 2.38 bits per heavy atom. The zero-order chi connectivity index (χ0) is 20.7. The van der Waals surface area contributed by atoms with Gasteiger partial charge >= 0.3 is 0 Å². The van der Waals surface area contributed by atoms with Gasteiger partial charge in [-0.15, -0.1) is 0 Å². The van der Waals surface area contributed by atoms with Gasteiger partial charge in [0.1, 0.15) is 12.3 Å². The van der Waals surface area contributed by atoms with Crippen LogP contribution < -0.4 is 14.4 Å². The van der Waals surface area contributed by atoms with Crippen molar-refractivity contribution < 1.29 is 17.9 Å². The Bertz CT molecular complexity index is 935. The first-order valence-electron chi connectivity index (χ1n) is 9.67. The molecule has 0 saturated heterocycles. The second-order valence-corrected chi connectivity index (χ2v) is 8.75. The first kappa shape index (κ1) is 20.9. The van der Waals surface area contributed by atoms with Gasteiger partial charge in [0.05, 0.1) is 18.2 Å². The number of sulfonamides is 1. The van der Waals surface area contributed by atoms with Crippen LogP contribution in [0.25, 0.3) is 6.08 Å². The molecule has 7 heteroatoms. The molecule has 0 heterocycles. The monoisotopic (exact) mass is 414 g/mol. The number of nitrogens with zero attached hydrogens (tertiary/aromatic N) is 1. The molecule has 1 amide bonds. The topological polar surface area (TPSA) is 75.7 Å². The average Bonchev–Trinajstić information content (AvgIpc) is 3.24. The molecule has 0 radical (unpaired) electrons. The number of amides is 1. The number of nitrogens with one attached hydrogen (secondary N) is 1. The van der Waals surface area contributed by atoms with Crippen molar-refractivity contribution in [2.45, 2.75) is 31.7 Å². The molecule has 0 bridgehead atoms. The van der Waals surface area contributed by atoms with Crippen molar-refractivity contribution in [1.82, 2.24) is 5.32 Å². The molecular formula is C22H26N2O4S. The van der Waals surface area contributed by atoms with Crippen LogP contribution in [0.4, 0.5) is 5.69 Å². The fourth-order valence-corrected chi connectivity index (χ4v) is 4.54. The molecule has 154 valence electrons. The quantitative estimate of drug-likeness (QED) is 0.717. The Morgan fingerprint density at radius 2 is 1.76 bits per heavy atom. The van der Waals surface area contributed by atoms with Crippen LogP contribution >= 0.6 is 0 Å². The lowest BCUT2D eigenvalue weighted by molar-refractivity contribution is -0.120. The summed E-state index contributed by atoms with van der Waals surface area (Å²) in [5.74, 6) is 0.311. The second kappa shape index (κ2) is 9.60. The molecule has 0 atom stereocenters. The molecule has 0 aliphatic heterocycles. The zero-order valence-corrected chi connectivity index (χ0v) is 17.3. The van der Waals surface area contributed by atoms with E-state index in [1.165, 1.54) is 6.08 Å². The molecule has 2 aromatic rings. The number of methoxy groups -OCH3 is 1. The Hall–Kier alpha value is -2.80. The van der Waals surface area contributed by atoms with E-state index in [9.17, 15) is 13.2 Å². The number of hydrogen-bond donors (Lipinski definition) is 1. The van der Waals surface area contributed by atoms with E-state index in [-0.39, 0.29) is 18.5 Å². The van der Waals surface area contributed by atoms with E-state index in [0.717, 1.165) is 41.0 Å². The molecule has 1 saturated carbocycles. The Kier molecular flexibility index (Phi) is 6.93. The molecule has 2 aromatic carbocycles. The summed E-state index contributed by atoms with van der Waals surface area (Å²) in [5, 5.41) is 4.09. The van der Waals surface area contributed by atoms with E-state index in [4.69, 9.17) is 4.74 Å². The lowest BCUT2D eigenvalue weighted by Crippen LogP contribution is -2.43. The Labute approximate surface area is 172 Å². The highest BCUT2D eigenvalue weighted by molar-refractivity contribution is 7.95.